The first-order valence-corrected chi connectivity index (χ1v) is 13.0. The fourth-order valence-electron chi connectivity index (χ4n) is 5.44. The predicted octanol–water partition coefficient (Wildman–Crippen LogP) is 3.59. The van der Waals surface area contributed by atoms with Crippen molar-refractivity contribution in [1.29, 1.82) is 5.26 Å². The zero-order valence-electron chi connectivity index (χ0n) is 22.1. The number of nitrogens with one attached hydrogen (secondary N) is 1. The predicted molar refractivity (Wildman–Crippen MR) is 150 cm³/mol. The Hall–Kier alpha value is -4.27. The lowest BCUT2D eigenvalue weighted by Gasteiger charge is -2.37. The molecule has 1 aliphatic rings. The number of hydrogen-bond donors (Lipinski definition) is 1. The number of anilines is 1. The molecule has 6 rings (SSSR count). The van der Waals surface area contributed by atoms with Crippen molar-refractivity contribution in [2.45, 2.75) is 25.9 Å². The molecule has 0 amide bonds. The highest BCUT2D eigenvalue weighted by Crippen LogP contribution is 2.35. The van der Waals surface area contributed by atoms with E-state index in [-0.39, 0.29) is 17.6 Å². The highest BCUT2D eigenvalue weighted by Gasteiger charge is 2.31. The number of halogens is 1. The second-order valence-electron chi connectivity index (χ2n) is 10.1. The van der Waals surface area contributed by atoms with E-state index in [1.807, 2.05) is 29.9 Å². The van der Waals surface area contributed by atoms with E-state index in [4.69, 9.17) is 22.0 Å². The molecule has 5 aromatic rings. The second-order valence-corrected chi connectivity index (χ2v) is 10.5. The van der Waals surface area contributed by atoms with Crippen molar-refractivity contribution in [1.82, 2.24) is 39.0 Å². The highest BCUT2D eigenvalue weighted by molar-refractivity contribution is 6.29. The summed E-state index contributed by atoms with van der Waals surface area (Å²) in [4.78, 5) is 24.6. The molecule has 11 nitrogen and oxygen atoms in total. The van der Waals surface area contributed by atoms with Gasteiger partial charge in [0.25, 0.3) is 5.56 Å². The Morgan fingerprint density at radius 2 is 2.03 bits per heavy atom. The standard InChI is InChI=1S/C27H27ClN10O/c1-15-9-18(16(2)32-21-5-6-22(28)33-24(21)25-30-14-35(3)34-25)23-19(10-15)27(39)36(4)26-20(23)11-31-38(26)17-12-37(13-17)8-7-29/h5-6,9-11,14,16-17,32H,8,12-13H2,1-4H3. The van der Waals surface area contributed by atoms with Crippen molar-refractivity contribution in [2.24, 2.45) is 14.1 Å². The van der Waals surface area contributed by atoms with Gasteiger partial charge in [0.15, 0.2) is 0 Å². The van der Waals surface area contributed by atoms with Gasteiger partial charge in [0, 0.05) is 49.4 Å². The third kappa shape index (κ3) is 4.22. The fraction of sp³-hybridized carbons (Fsp3) is 0.333. The highest BCUT2D eigenvalue weighted by atomic mass is 35.5. The molecule has 0 spiro atoms. The van der Waals surface area contributed by atoms with E-state index >= 15 is 0 Å². The first kappa shape index (κ1) is 25.0. The van der Waals surface area contributed by atoms with Crippen molar-refractivity contribution in [2.75, 3.05) is 25.0 Å². The van der Waals surface area contributed by atoms with E-state index in [1.54, 1.807) is 35.7 Å². The molecule has 1 atom stereocenters. The molecule has 1 saturated heterocycles. The quantitative estimate of drug-likeness (QED) is 0.255. The topological polar surface area (TPSA) is 122 Å². The summed E-state index contributed by atoms with van der Waals surface area (Å²) in [5, 5.41) is 24.5. The van der Waals surface area contributed by atoms with Gasteiger partial charge in [-0.1, -0.05) is 17.7 Å². The van der Waals surface area contributed by atoms with Crippen LogP contribution in [0.1, 0.15) is 30.1 Å². The normalized spacial score (nSPS) is 15.0. The molecule has 5 heterocycles. The number of aromatic nitrogens is 7. The van der Waals surface area contributed by atoms with Gasteiger partial charge in [-0.15, -0.1) is 5.10 Å². The fourth-order valence-corrected chi connectivity index (χ4v) is 5.59. The lowest BCUT2D eigenvalue weighted by molar-refractivity contribution is 0.117. The molecular weight excluding hydrogens is 516 g/mol. The Kier molecular flexibility index (Phi) is 6.09. The second kappa shape index (κ2) is 9.48. The average Bonchev–Trinajstić information content (AvgIpc) is 3.51. The molecule has 39 heavy (non-hydrogen) atoms. The van der Waals surface area contributed by atoms with Crippen molar-refractivity contribution in [3.63, 3.8) is 0 Å². The number of pyridine rings is 2. The molecule has 1 fully saturated rings. The minimum Gasteiger partial charge on any atom is -0.377 e. The number of fused-ring (bicyclic) bond motifs is 3. The Morgan fingerprint density at radius 1 is 1.23 bits per heavy atom. The first-order valence-electron chi connectivity index (χ1n) is 12.6. The third-order valence-corrected chi connectivity index (χ3v) is 7.50. The van der Waals surface area contributed by atoms with Gasteiger partial charge in [0.1, 0.15) is 22.8 Å². The molecule has 1 aromatic carbocycles. The van der Waals surface area contributed by atoms with Crippen molar-refractivity contribution >= 4 is 39.1 Å². The maximum atomic E-state index is 13.7. The summed E-state index contributed by atoms with van der Waals surface area (Å²) in [6, 6.07) is 9.74. The molecule has 12 heteroatoms. The number of benzene rings is 1. The third-order valence-electron chi connectivity index (χ3n) is 7.29. The van der Waals surface area contributed by atoms with Crippen LogP contribution < -0.4 is 10.9 Å². The van der Waals surface area contributed by atoms with Crippen LogP contribution >= 0.6 is 11.6 Å². The number of nitrogens with zero attached hydrogens (tertiary/aromatic N) is 9. The first-order chi connectivity index (χ1) is 18.7. The van der Waals surface area contributed by atoms with Crippen LogP contribution in [0.2, 0.25) is 5.15 Å². The minimum absolute atomic E-state index is 0.0730. The van der Waals surface area contributed by atoms with Gasteiger partial charge >= 0.3 is 0 Å². The lowest BCUT2D eigenvalue weighted by atomic mass is 9.95. The molecule has 0 aliphatic carbocycles. The van der Waals surface area contributed by atoms with E-state index in [9.17, 15) is 4.79 Å². The number of hydrogen-bond acceptors (Lipinski definition) is 8. The van der Waals surface area contributed by atoms with Gasteiger partial charge in [-0.05, 0) is 43.2 Å². The Morgan fingerprint density at radius 3 is 2.74 bits per heavy atom. The summed E-state index contributed by atoms with van der Waals surface area (Å²) in [5.74, 6) is 0.465. The van der Waals surface area contributed by atoms with Crippen LogP contribution in [0.3, 0.4) is 0 Å². The smallest absolute Gasteiger partial charge is 0.259 e. The van der Waals surface area contributed by atoms with Crippen LogP contribution in [0.4, 0.5) is 5.69 Å². The Bertz CT molecular complexity index is 1840. The molecule has 0 saturated carbocycles. The maximum absolute atomic E-state index is 13.7. The largest absolute Gasteiger partial charge is 0.377 e. The van der Waals surface area contributed by atoms with Crippen LogP contribution in [-0.4, -0.2) is 58.6 Å². The molecule has 0 radical (unpaired) electrons. The van der Waals surface area contributed by atoms with E-state index in [0.29, 0.717) is 28.6 Å². The van der Waals surface area contributed by atoms with Gasteiger partial charge in [0.2, 0.25) is 5.82 Å². The van der Waals surface area contributed by atoms with Crippen LogP contribution in [0.25, 0.3) is 33.3 Å². The summed E-state index contributed by atoms with van der Waals surface area (Å²) in [7, 11) is 3.59. The zero-order chi connectivity index (χ0) is 27.4. The summed E-state index contributed by atoms with van der Waals surface area (Å²) in [6.07, 6.45) is 3.47. The molecule has 1 aliphatic heterocycles. The van der Waals surface area contributed by atoms with Crippen molar-refractivity contribution < 1.29 is 0 Å². The van der Waals surface area contributed by atoms with Gasteiger partial charge < -0.3 is 5.32 Å². The summed E-state index contributed by atoms with van der Waals surface area (Å²) in [5.41, 5.74) is 3.95. The summed E-state index contributed by atoms with van der Waals surface area (Å²) < 4.78 is 5.23. The molecule has 4 aromatic heterocycles. The minimum atomic E-state index is -0.202. The number of nitriles is 1. The number of likely N-dealkylation sites (tertiary alicyclic amines) is 1. The summed E-state index contributed by atoms with van der Waals surface area (Å²) in [6.45, 7) is 5.89. The number of aryl methyl sites for hydroxylation is 3. The lowest BCUT2D eigenvalue weighted by Crippen LogP contribution is -2.48. The van der Waals surface area contributed by atoms with Gasteiger partial charge in [-0.25, -0.2) is 14.6 Å². The van der Waals surface area contributed by atoms with Crippen LogP contribution in [0, 0.1) is 18.3 Å². The van der Waals surface area contributed by atoms with E-state index in [1.165, 1.54) is 0 Å². The van der Waals surface area contributed by atoms with Gasteiger partial charge in [-0.2, -0.15) is 10.4 Å². The Labute approximate surface area is 229 Å². The Balaban J connectivity index is 1.47. The van der Waals surface area contributed by atoms with Gasteiger partial charge in [0.05, 0.1) is 30.5 Å². The van der Waals surface area contributed by atoms with Crippen LogP contribution in [-0.2, 0) is 14.1 Å². The van der Waals surface area contributed by atoms with E-state index in [0.717, 1.165) is 46.3 Å². The van der Waals surface area contributed by atoms with E-state index in [2.05, 4.69) is 44.3 Å². The van der Waals surface area contributed by atoms with Crippen molar-refractivity contribution in [3.8, 4) is 17.6 Å². The molecule has 1 N–H and O–H groups in total. The van der Waals surface area contributed by atoms with E-state index < -0.39 is 0 Å². The monoisotopic (exact) mass is 542 g/mol. The van der Waals surface area contributed by atoms with Crippen LogP contribution in [0.15, 0.2) is 41.6 Å². The average molecular weight is 543 g/mol. The SMILES string of the molecule is Cc1cc(C(C)Nc2ccc(Cl)nc2-c2ncn(C)n2)c2c(c1)c(=O)n(C)c1c2cnn1C1CN(CC#N)C1. The summed E-state index contributed by atoms with van der Waals surface area (Å²) >= 11 is 6.23. The maximum Gasteiger partial charge on any atom is 0.259 e. The molecular formula is C27H27ClN10O. The molecule has 1 unspecified atom stereocenters. The van der Waals surface area contributed by atoms with Crippen LogP contribution in [0.5, 0.6) is 0 Å². The van der Waals surface area contributed by atoms with Crippen molar-refractivity contribution in [3.05, 3.63) is 63.4 Å². The molecule has 0 bridgehead atoms. The molecule has 198 valence electrons. The number of rotatable bonds is 6. The van der Waals surface area contributed by atoms with Gasteiger partial charge in [-0.3, -0.25) is 18.9 Å². The zero-order valence-corrected chi connectivity index (χ0v) is 22.8.